The van der Waals surface area contributed by atoms with Gasteiger partial charge in [-0.05, 0) is 69.3 Å². The number of ether oxygens (including phenoxy) is 1. The molecule has 0 aromatic heterocycles. The zero-order valence-electron chi connectivity index (χ0n) is 23.9. The van der Waals surface area contributed by atoms with Gasteiger partial charge in [-0.2, -0.15) is 5.09 Å². The van der Waals surface area contributed by atoms with Gasteiger partial charge in [-0.15, -0.1) is 0 Å². The van der Waals surface area contributed by atoms with Crippen molar-refractivity contribution in [2.45, 2.75) is 32.9 Å². The molecule has 0 radical (unpaired) electrons. The van der Waals surface area contributed by atoms with Crippen molar-refractivity contribution in [2.24, 2.45) is 0 Å². The van der Waals surface area contributed by atoms with E-state index in [1.165, 1.54) is 31.2 Å². The van der Waals surface area contributed by atoms with Crippen LogP contribution in [0.25, 0.3) is 0 Å². The van der Waals surface area contributed by atoms with Gasteiger partial charge >= 0.3 is 13.7 Å². The maximum atomic E-state index is 14.4. The Hall–Kier alpha value is -4.92. The number of nitrogens with one attached hydrogen (secondary N) is 3. The van der Waals surface area contributed by atoms with E-state index in [-0.39, 0.29) is 22.6 Å². The Kier molecular flexibility index (Phi) is 10.3. The molecule has 0 saturated carbocycles. The third-order valence-electron chi connectivity index (χ3n) is 5.82. The van der Waals surface area contributed by atoms with Crippen molar-refractivity contribution >= 4 is 36.9 Å². The highest BCUT2D eigenvalue weighted by Gasteiger charge is 2.36. The summed E-state index contributed by atoms with van der Waals surface area (Å²) in [5.74, 6) is -1.91. The molecule has 2 amide bonds. The molecule has 1 atom stereocenters. The molecule has 0 aliphatic heterocycles. The van der Waals surface area contributed by atoms with Crippen LogP contribution in [0, 0.1) is 0 Å². The summed E-state index contributed by atoms with van der Waals surface area (Å²) < 4.78 is 31.4. The summed E-state index contributed by atoms with van der Waals surface area (Å²) in [6.07, 6.45) is -0.428. The number of benzene rings is 4. The van der Waals surface area contributed by atoms with Crippen LogP contribution in [0.5, 0.6) is 11.5 Å². The fourth-order valence-electron chi connectivity index (χ4n) is 3.86. The standard InChI is InChI=1S/C32H32N3O7P/c1-22(2)40-32(38)23(3)35-43(39,41-28-20-12-10-18-26(28)30(36)33-24-14-6-4-7-15-24)42-29-21-13-11-19-27(29)31(37)34-25-16-8-5-9-17-25/h4-23H,1-3H3,(H,33,36)(H,34,37)(H,35,39)/t23-/m0/s1. The van der Waals surface area contributed by atoms with Gasteiger partial charge in [-0.25, -0.2) is 4.57 Å². The number of esters is 1. The van der Waals surface area contributed by atoms with E-state index in [9.17, 15) is 18.9 Å². The number of rotatable bonds is 12. The van der Waals surface area contributed by atoms with E-state index >= 15 is 0 Å². The summed E-state index contributed by atoms with van der Waals surface area (Å²) in [6, 6.07) is 28.8. The molecule has 0 aliphatic rings. The monoisotopic (exact) mass is 601 g/mol. The molecule has 11 heteroatoms. The second-order valence-corrected chi connectivity index (χ2v) is 11.3. The minimum absolute atomic E-state index is 0.0597. The summed E-state index contributed by atoms with van der Waals surface area (Å²) in [5.41, 5.74) is 1.21. The second-order valence-electron chi connectivity index (χ2n) is 9.65. The first-order chi connectivity index (χ1) is 20.6. The lowest BCUT2D eigenvalue weighted by molar-refractivity contribution is -0.149. The maximum Gasteiger partial charge on any atom is 0.513 e. The molecule has 10 nitrogen and oxygen atoms in total. The fraction of sp³-hybridized carbons (Fsp3) is 0.156. The van der Waals surface area contributed by atoms with E-state index in [1.54, 1.807) is 86.6 Å². The molecule has 0 saturated heterocycles. The zero-order chi connectivity index (χ0) is 30.8. The van der Waals surface area contributed by atoms with E-state index in [0.29, 0.717) is 11.4 Å². The molecule has 0 fully saturated rings. The van der Waals surface area contributed by atoms with Gasteiger partial charge in [0.15, 0.2) is 0 Å². The predicted octanol–water partition coefficient (Wildman–Crippen LogP) is 6.69. The zero-order valence-corrected chi connectivity index (χ0v) is 24.7. The van der Waals surface area contributed by atoms with E-state index in [4.69, 9.17) is 13.8 Å². The number of amides is 2. The molecule has 0 heterocycles. The van der Waals surface area contributed by atoms with Crippen LogP contribution in [0.15, 0.2) is 109 Å². The summed E-state index contributed by atoms with van der Waals surface area (Å²) in [6.45, 7) is 4.80. The number of para-hydroxylation sites is 4. The second kappa shape index (κ2) is 14.3. The topological polar surface area (TPSA) is 132 Å². The molecule has 0 bridgehead atoms. The lowest BCUT2D eigenvalue weighted by Gasteiger charge is -2.25. The fourth-order valence-corrected chi connectivity index (χ4v) is 5.42. The largest absolute Gasteiger partial charge is 0.513 e. The average molecular weight is 602 g/mol. The molecular formula is C32H32N3O7P. The van der Waals surface area contributed by atoms with Gasteiger partial charge in [-0.3, -0.25) is 14.4 Å². The summed E-state index contributed by atoms with van der Waals surface area (Å²) in [4.78, 5) is 39.0. The van der Waals surface area contributed by atoms with E-state index < -0.39 is 37.7 Å². The van der Waals surface area contributed by atoms with Gasteiger partial charge in [0.05, 0.1) is 17.2 Å². The van der Waals surface area contributed by atoms with Crippen molar-refractivity contribution in [3.63, 3.8) is 0 Å². The number of carbonyl (C=O) groups is 3. The van der Waals surface area contributed by atoms with Crippen LogP contribution in [0.4, 0.5) is 11.4 Å². The molecule has 4 aromatic carbocycles. The Balaban J connectivity index is 1.66. The lowest BCUT2D eigenvalue weighted by Crippen LogP contribution is -2.37. The first kappa shape index (κ1) is 31.0. The van der Waals surface area contributed by atoms with Gasteiger partial charge in [0.1, 0.15) is 17.5 Å². The van der Waals surface area contributed by atoms with Crippen LogP contribution in [0.1, 0.15) is 41.5 Å². The van der Waals surface area contributed by atoms with Gasteiger partial charge in [0, 0.05) is 11.4 Å². The molecule has 0 spiro atoms. The molecule has 4 rings (SSSR count). The van der Waals surface area contributed by atoms with Crippen LogP contribution in [0.3, 0.4) is 0 Å². The summed E-state index contributed by atoms with van der Waals surface area (Å²) in [5, 5.41) is 8.13. The highest BCUT2D eigenvalue weighted by atomic mass is 31.2. The van der Waals surface area contributed by atoms with Crippen molar-refractivity contribution in [3.05, 3.63) is 120 Å². The van der Waals surface area contributed by atoms with Gasteiger partial charge < -0.3 is 24.4 Å². The molecular weight excluding hydrogens is 569 g/mol. The summed E-state index contributed by atoms with van der Waals surface area (Å²) >= 11 is 0. The summed E-state index contributed by atoms with van der Waals surface area (Å²) in [7, 11) is -4.53. The lowest BCUT2D eigenvalue weighted by atomic mass is 10.2. The molecule has 4 aromatic rings. The highest BCUT2D eigenvalue weighted by molar-refractivity contribution is 7.52. The minimum atomic E-state index is -4.53. The number of anilines is 2. The van der Waals surface area contributed by atoms with E-state index in [2.05, 4.69) is 15.7 Å². The molecule has 222 valence electrons. The van der Waals surface area contributed by atoms with E-state index in [0.717, 1.165) is 0 Å². The van der Waals surface area contributed by atoms with Crippen LogP contribution >= 0.6 is 7.75 Å². The van der Waals surface area contributed by atoms with Crippen LogP contribution < -0.4 is 24.8 Å². The van der Waals surface area contributed by atoms with Crippen molar-refractivity contribution in [3.8, 4) is 11.5 Å². The Morgan fingerprint density at radius 1 is 0.605 bits per heavy atom. The average Bonchev–Trinajstić information content (AvgIpc) is 2.98. The van der Waals surface area contributed by atoms with Crippen molar-refractivity contribution < 1.29 is 32.7 Å². The third kappa shape index (κ3) is 8.78. The third-order valence-corrected chi connectivity index (χ3v) is 7.40. The van der Waals surface area contributed by atoms with Gasteiger partial charge in [0.25, 0.3) is 11.8 Å². The maximum absolute atomic E-state index is 14.4. The van der Waals surface area contributed by atoms with Crippen molar-refractivity contribution in [1.82, 2.24) is 5.09 Å². The molecule has 43 heavy (non-hydrogen) atoms. The minimum Gasteiger partial charge on any atom is -0.462 e. The number of hydrogen-bond donors (Lipinski definition) is 3. The Labute approximate surface area is 250 Å². The van der Waals surface area contributed by atoms with Gasteiger partial charge in [0.2, 0.25) is 0 Å². The predicted molar refractivity (Wildman–Crippen MR) is 164 cm³/mol. The Morgan fingerprint density at radius 3 is 1.42 bits per heavy atom. The normalized spacial score (nSPS) is 11.7. The first-order valence-electron chi connectivity index (χ1n) is 13.5. The first-order valence-corrected chi connectivity index (χ1v) is 15.1. The van der Waals surface area contributed by atoms with Crippen LogP contribution in [0.2, 0.25) is 0 Å². The van der Waals surface area contributed by atoms with Crippen molar-refractivity contribution in [2.75, 3.05) is 10.6 Å². The van der Waals surface area contributed by atoms with Crippen LogP contribution in [-0.4, -0.2) is 29.9 Å². The SMILES string of the molecule is CC(C)OC(=O)[C@H](C)NP(=O)(Oc1ccccc1C(=O)Nc1ccccc1)Oc1ccccc1C(=O)Nc1ccccc1. The molecule has 0 unspecified atom stereocenters. The quantitative estimate of drug-likeness (QED) is 0.121. The van der Waals surface area contributed by atoms with Crippen molar-refractivity contribution in [1.29, 1.82) is 0 Å². The number of carbonyl (C=O) groups excluding carboxylic acids is 3. The Bertz CT molecular complexity index is 1510. The number of hydrogen-bond acceptors (Lipinski definition) is 7. The highest BCUT2D eigenvalue weighted by Crippen LogP contribution is 2.47. The smallest absolute Gasteiger partial charge is 0.462 e. The van der Waals surface area contributed by atoms with E-state index in [1.807, 2.05) is 12.1 Å². The van der Waals surface area contributed by atoms with Crippen LogP contribution in [-0.2, 0) is 14.1 Å². The molecule has 3 N–H and O–H groups in total. The Morgan fingerprint density at radius 2 is 1.00 bits per heavy atom. The van der Waals surface area contributed by atoms with Gasteiger partial charge in [-0.1, -0.05) is 60.7 Å². The molecule has 0 aliphatic carbocycles.